The number of anilines is 2. The maximum absolute atomic E-state index is 16.2. The lowest BCUT2D eigenvalue weighted by Gasteiger charge is -2.40. The zero-order valence-corrected chi connectivity index (χ0v) is 45.1. The summed E-state index contributed by atoms with van der Waals surface area (Å²) in [6.45, 7) is 4.82. The van der Waals surface area contributed by atoms with Crippen molar-refractivity contribution in [3.05, 3.63) is 143 Å². The molecule has 0 aromatic heterocycles. The van der Waals surface area contributed by atoms with Gasteiger partial charge in [0.1, 0.15) is 28.7 Å². The minimum Gasteiger partial charge on any atom is -0.497 e. The van der Waals surface area contributed by atoms with Crippen LogP contribution in [-0.2, 0) is 20.7 Å². The van der Waals surface area contributed by atoms with Gasteiger partial charge in [-0.15, -0.1) is 0 Å². The number of ether oxygens (including phenoxy) is 6. The number of hydrogen-bond acceptors (Lipinski definition) is 9. The van der Waals surface area contributed by atoms with Gasteiger partial charge in [0.25, 0.3) is 0 Å². The predicted molar refractivity (Wildman–Crippen MR) is 298 cm³/mol. The molecule has 0 bridgehead atoms. The average Bonchev–Trinajstić information content (AvgIpc) is 3.80. The second-order valence-corrected chi connectivity index (χ2v) is 21.9. The quantitative estimate of drug-likeness (QED) is 0.0568. The van der Waals surface area contributed by atoms with Gasteiger partial charge in [-0.25, -0.2) is 0 Å². The Morgan fingerprint density at radius 3 is 1.86 bits per heavy atom. The smallest absolute Gasteiger partial charge is 0.426 e. The monoisotopic (exact) mass is 1050 g/mol. The lowest BCUT2D eigenvalue weighted by atomic mass is 9.68. The lowest BCUT2D eigenvalue weighted by Crippen LogP contribution is -2.46. The van der Waals surface area contributed by atoms with Gasteiger partial charge in [-0.1, -0.05) is 100 Å². The second-order valence-electron chi connectivity index (χ2n) is 21.9. The van der Waals surface area contributed by atoms with Gasteiger partial charge >= 0.3 is 12.1 Å². The maximum Gasteiger partial charge on any atom is 0.426 e. The number of methoxy groups -OCH3 is 4. The molecule has 11 rings (SSSR count). The lowest BCUT2D eigenvalue weighted by molar-refractivity contribution is -0.256. The number of unbranched alkanes of at least 4 members (excludes halogenated alkanes) is 2. The third kappa shape index (κ3) is 9.46. The molecule has 3 aliphatic carbocycles. The van der Waals surface area contributed by atoms with Crippen LogP contribution in [0.3, 0.4) is 0 Å². The maximum atomic E-state index is 16.2. The molecule has 2 aliphatic heterocycles. The molecule has 404 valence electrons. The van der Waals surface area contributed by atoms with E-state index in [-0.39, 0.29) is 34.3 Å². The van der Waals surface area contributed by atoms with Crippen LogP contribution in [0.15, 0.2) is 115 Å². The van der Waals surface area contributed by atoms with Crippen LogP contribution in [0.25, 0.3) is 28.0 Å². The first-order valence-corrected chi connectivity index (χ1v) is 27.9. The van der Waals surface area contributed by atoms with E-state index in [0.29, 0.717) is 71.1 Å². The fourth-order valence-electron chi connectivity index (χ4n) is 13.7. The van der Waals surface area contributed by atoms with Crippen molar-refractivity contribution >= 4 is 34.2 Å². The normalized spacial score (nSPS) is 22.6. The molecule has 12 heteroatoms. The van der Waals surface area contributed by atoms with Crippen molar-refractivity contribution in [1.82, 2.24) is 0 Å². The first-order valence-electron chi connectivity index (χ1n) is 27.9. The summed E-state index contributed by atoms with van der Waals surface area (Å²) >= 11 is 0. The van der Waals surface area contributed by atoms with Crippen molar-refractivity contribution in [3.8, 4) is 39.9 Å². The zero-order valence-electron chi connectivity index (χ0n) is 45.1. The van der Waals surface area contributed by atoms with Crippen LogP contribution in [-0.4, -0.2) is 66.8 Å². The van der Waals surface area contributed by atoms with Gasteiger partial charge in [0.2, 0.25) is 5.60 Å². The van der Waals surface area contributed by atoms with Crippen molar-refractivity contribution in [1.29, 1.82) is 0 Å². The summed E-state index contributed by atoms with van der Waals surface area (Å²) in [6, 6.07) is 33.4. The Morgan fingerprint density at radius 1 is 0.675 bits per heavy atom. The minimum atomic E-state index is -4.87. The standard InChI is InChI=1S/C65H71F3N2O7/c1-6-7-8-11-42-14-16-43(17-15-42)44-18-20-45(21-19-44)62(71)76-51-32-26-48(27-33-51)69-36-38-70(39-37-69)57-40-54-55(41-58(57)74-4)61-53(60-59(54)52-12-9-10-13-56(52)64(60,75-5)65(66,67)68)34-35-63(77-61,46-22-28-49(72-2)29-23-46)47-24-30-50(73-3)31-25-47/h9-10,12-13,22-35,40-45H,6-8,11,14-21,36-39H2,1-5H3/t42-,43-,44-,45-,64?. The first kappa shape index (κ1) is 52.4. The molecule has 0 spiro atoms. The number of rotatable bonds is 15. The van der Waals surface area contributed by atoms with E-state index in [2.05, 4.69) is 16.7 Å². The van der Waals surface area contributed by atoms with E-state index in [1.807, 2.05) is 91.0 Å². The van der Waals surface area contributed by atoms with Gasteiger partial charge in [-0.2, -0.15) is 13.2 Å². The molecule has 0 amide bonds. The Bertz CT molecular complexity index is 3050. The Hall–Kier alpha value is -6.66. The molecule has 2 saturated carbocycles. The van der Waals surface area contributed by atoms with Crippen LogP contribution in [0.1, 0.15) is 112 Å². The average molecular weight is 1050 g/mol. The molecule has 6 aromatic rings. The first-order chi connectivity index (χ1) is 37.4. The van der Waals surface area contributed by atoms with Gasteiger partial charge in [0.15, 0.2) is 5.60 Å². The molecule has 5 aliphatic rings. The number of hydrogen-bond donors (Lipinski definition) is 0. The van der Waals surface area contributed by atoms with E-state index in [0.717, 1.165) is 73.0 Å². The minimum absolute atomic E-state index is 0.0184. The van der Waals surface area contributed by atoms with Crippen molar-refractivity contribution < 1.29 is 46.4 Å². The van der Waals surface area contributed by atoms with E-state index >= 15 is 13.2 Å². The Kier molecular flexibility index (Phi) is 14.7. The molecule has 2 heterocycles. The molecular formula is C65H71F3N2O7. The topological polar surface area (TPSA) is 78.9 Å². The SMILES string of the molecule is CCCCC[C@H]1CC[C@H]([C@H]2CC[C@H](C(=O)Oc3ccc(N4CCN(c5cc6c7c(c8c(c6cc5OC)OC(c5ccc(OC)cc5)(c5ccc(OC)cc5)C=C8)C(OC)(C(F)(F)F)c5ccccc5-7)CC4)cc3)CC2)CC1. The predicted octanol–water partition coefficient (Wildman–Crippen LogP) is 15.1. The van der Waals surface area contributed by atoms with Gasteiger partial charge < -0.3 is 38.2 Å². The Balaban J connectivity index is 0.863. The number of benzene rings is 6. The van der Waals surface area contributed by atoms with Gasteiger partial charge in [0.05, 0.1) is 32.9 Å². The summed E-state index contributed by atoms with van der Waals surface area (Å²) in [4.78, 5) is 18.0. The van der Waals surface area contributed by atoms with Crippen molar-refractivity contribution in [3.63, 3.8) is 0 Å². The van der Waals surface area contributed by atoms with Gasteiger partial charge in [-0.05, 0) is 140 Å². The zero-order chi connectivity index (χ0) is 53.5. The number of fused-ring (bicyclic) bond motifs is 8. The van der Waals surface area contributed by atoms with E-state index in [1.165, 1.54) is 57.4 Å². The number of carbonyl (C=O) groups excluding carboxylic acids is 1. The number of alkyl halides is 3. The summed E-state index contributed by atoms with van der Waals surface area (Å²) in [5.74, 6) is 4.97. The highest BCUT2D eigenvalue weighted by molar-refractivity contribution is 6.10. The van der Waals surface area contributed by atoms with Crippen LogP contribution in [0.2, 0.25) is 0 Å². The third-order valence-electron chi connectivity index (χ3n) is 17.9. The van der Waals surface area contributed by atoms with Crippen LogP contribution < -0.4 is 33.5 Å². The fraction of sp³-hybridized carbons (Fsp3) is 0.431. The molecule has 1 saturated heterocycles. The summed E-state index contributed by atoms with van der Waals surface area (Å²) in [6.07, 6.45) is 13.7. The largest absolute Gasteiger partial charge is 0.497 e. The van der Waals surface area contributed by atoms with Crippen molar-refractivity contribution in [2.45, 2.75) is 101 Å². The highest BCUT2D eigenvalue weighted by atomic mass is 19.4. The number of nitrogens with zero attached hydrogens (tertiary/aromatic N) is 2. The van der Waals surface area contributed by atoms with Crippen LogP contribution in [0, 0.1) is 23.7 Å². The summed E-state index contributed by atoms with van der Waals surface area (Å²) in [7, 11) is 5.95. The number of halogens is 3. The summed E-state index contributed by atoms with van der Waals surface area (Å²) < 4.78 is 85.2. The fourth-order valence-corrected chi connectivity index (χ4v) is 13.7. The molecule has 1 unspecified atom stereocenters. The summed E-state index contributed by atoms with van der Waals surface area (Å²) in [5, 5.41) is 1.17. The third-order valence-corrected chi connectivity index (χ3v) is 17.9. The van der Waals surface area contributed by atoms with E-state index in [1.54, 1.807) is 45.6 Å². The molecule has 1 atom stereocenters. The Labute approximate surface area is 451 Å². The van der Waals surface area contributed by atoms with Crippen molar-refractivity contribution in [2.75, 3.05) is 64.4 Å². The van der Waals surface area contributed by atoms with Crippen LogP contribution in [0.4, 0.5) is 24.5 Å². The number of carbonyl (C=O) groups is 1. The van der Waals surface area contributed by atoms with Gasteiger partial charge in [-0.3, -0.25) is 4.79 Å². The molecular weight excluding hydrogens is 978 g/mol. The van der Waals surface area contributed by atoms with Crippen LogP contribution in [0.5, 0.6) is 28.7 Å². The molecule has 77 heavy (non-hydrogen) atoms. The molecule has 0 N–H and O–H groups in total. The molecule has 6 aromatic carbocycles. The van der Waals surface area contributed by atoms with Gasteiger partial charge in [0, 0.05) is 72.2 Å². The van der Waals surface area contributed by atoms with Crippen LogP contribution >= 0.6 is 0 Å². The van der Waals surface area contributed by atoms with Crippen molar-refractivity contribution in [2.24, 2.45) is 23.7 Å². The second kappa shape index (κ2) is 21.6. The molecule has 9 nitrogen and oxygen atoms in total. The molecule has 0 radical (unpaired) electrons. The molecule has 3 fully saturated rings. The van der Waals surface area contributed by atoms with E-state index in [4.69, 9.17) is 28.4 Å². The van der Waals surface area contributed by atoms with E-state index < -0.39 is 17.4 Å². The highest BCUT2D eigenvalue weighted by Crippen LogP contribution is 2.63. The van der Waals surface area contributed by atoms with E-state index in [9.17, 15) is 4.79 Å². The number of piperazine rings is 1. The Morgan fingerprint density at radius 2 is 1.27 bits per heavy atom. The summed E-state index contributed by atoms with van der Waals surface area (Å²) in [5.41, 5.74) is 0.286. The highest BCUT2D eigenvalue weighted by Gasteiger charge is 2.64. The number of esters is 1.